The number of rotatable bonds is 9. The molecule has 0 aromatic heterocycles. The molecule has 5 nitrogen and oxygen atoms in total. The number of carbonyl (C=O) groups excluding carboxylic acids is 2. The standard InChI is InChI=1S/C23H29N3O2S/c1-25(19-9-3-2-4-10-19)16-8-7-15-24-22(27)13-14-23(28)26-17-18-29-21-12-6-5-11-20(21)26/h2-6,9-12H,7-8,13-18H2,1H3,(H,24,27). The first-order chi connectivity index (χ1) is 14.1. The Kier molecular flexibility index (Phi) is 7.99. The van der Waals surface area contributed by atoms with Crippen LogP contribution >= 0.6 is 11.8 Å². The van der Waals surface area contributed by atoms with Crippen molar-refractivity contribution in [3.63, 3.8) is 0 Å². The molecular formula is C23H29N3O2S. The first-order valence-corrected chi connectivity index (χ1v) is 11.2. The second-order valence-corrected chi connectivity index (χ2v) is 8.31. The Bertz CT molecular complexity index is 813. The van der Waals surface area contributed by atoms with Crippen molar-refractivity contribution >= 4 is 35.0 Å². The Labute approximate surface area is 177 Å². The molecule has 0 fully saturated rings. The fourth-order valence-corrected chi connectivity index (χ4v) is 4.38. The number of benzene rings is 2. The van der Waals surface area contributed by atoms with Crippen LogP contribution in [0.4, 0.5) is 11.4 Å². The second kappa shape index (κ2) is 10.9. The second-order valence-electron chi connectivity index (χ2n) is 7.18. The minimum Gasteiger partial charge on any atom is -0.375 e. The van der Waals surface area contributed by atoms with Crippen LogP contribution in [0.2, 0.25) is 0 Å². The van der Waals surface area contributed by atoms with E-state index in [1.54, 1.807) is 11.8 Å². The van der Waals surface area contributed by atoms with E-state index in [9.17, 15) is 9.59 Å². The van der Waals surface area contributed by atoms with E-state index in [-0.39, 0.29) is 24.7 Å². The summed E-state index contributed by atoms with van der Waals surface area (Å²) in [7, 11) is 2.08. The lowest BCUT2D eigenvalue weighted by atomic mass is 10.2. The van der Waals surface area contributed by atoms with Crippen LogP contribution in [0.5, 0.6) is 0 Å². The molecule has 2 aromatic carbocycles. The maximum atomic E-state index is 12.6. The predicted molar refractivity (Wildman–Crippen MR) is 121 cm³/mol. The van der Waals surface area contributed by atoms with Gasteiger partial charge in [-0.15, -0.1) is 11.8 Å². The van der Waals surface area contributed by atoms with Gasteiger partial charge in [-0.3, -0.25) is 9.59 Å². The Balaban J connectivity index is 1.32. The Hall–Kier alpha value is -2.47. The molecule has 1 aliphatic rings. The Morgan fingerprint density at radius 3 is 2.62 bits per heavy atom. The number of carbonyl (C=O) groups is 2. The highest BCUT2D eigenvalue weighted by atomic mass is 32.2. The third-order valence-electron chi connectivity index (χ3n) is 5.03. The molecule has 2 amide bonds. The molecule has 1 aliphatic heterocycles. The number of thioether (sulfide) groups is 1. The smallest absolute Gasteiger partial charge is 0.227 e. The van der Waals surface area contributed by atoms with Gasteiger partial charge in [0.1, 0.15) is 0 Å². The van der Waals surface area contributed by atoms with Gasteiger partial charge in [-0.05, 0) is 37.1 Å². The van der Waals surface area contributed by atoms with Gasteiger partial charge in [-0.2, -0.15) is 0 Å². The van der Waals surface area contributed by atoms with Crippen LogP contribution in [0.3, 0.4) is 0 Å². The fraction of sp³-hybridized carbons (Fsp3) is 0.391. The minimum absolute atomic E-state index is 0.0254. The van der Waals surface area contributed by atoms with Crippen molar-refractivity contribution in [2.75, 3.05) is 42.2 Å². The van der Waals surface area contributed by atoms with Gasteiger partial charge < -0.3 is 15.1 Å². The monoisotopic (exact) mass is 411 g/mol. The summed E-state index contributed by atoms with van der Waals surface area (Å²) in [4.78, 5) is 29.9. The van der Waals surface area contributed by atoms with Gasteiger partial charge in [0.05, 0.1) is 5.69 Å². The van der Waals surface area contributed by atoms with E-state index in [0.717, 1.165) is 35.7 Å². The summed E-state index contributed by atoms with van der Waals surface area (Å²) in [6.07, 6.45) is 2.43. The number of amides is 2. The molecule has 0 saturated heterocycles. The third-order valence-corrected chi connectivity index (χ3v) is 6.08. The Morgan fingerprint density at radius 1 is 1.03 bits per heavy atom. The summed E-state index contributed by atoms with van der Waals surface area (Å²) in [5.74, 6) is 0.874. The average molecular weight is 412 g/mol. The zero-order chi connectivity index (χ0) is 20.5. The molecule has 0 radical (unpaired) electrons. The number of unbranched alkanes of at least 4 members (excludes halogenated alkanes) is 1. The van der Waals surface area contributed by atoms with E-state index >= 15 is 0 Å². The highest BCUT2D eigenvalue weighted by Gasteiger charge is 2.22. The summed E-state index contributed by atoms with van der Waals surface area (Å²) in [5, 5.41) is 2.94. The molecule has 0 aliphatic carbocycles. The van der Waals surface area contributed by atoms with E-state index in [1.165, 1.54) is 5.69 Å². The number of para-hydroxylation sites is 2. The molecule has 1 N–H and O–H groups in total. The van der Waals surface area contributed by atoms with Crippen molar-refractivity contribution in [3.05, 3.63) is 54.6 Å². The zero-order valence-corrected chi connectivity index (χ0v) is 17.8. The van der Waals surface area contributed by atoms with Crippen molar-refractivity contribution < 1.29 is 9.59 Å². The highest BCUT2D eigenvalue weighted by molar-refractivity contribution is 7.99. The van der Waals surface area contributed by atoms with Gasteiger partial charge in [0.2, 0.25) is 11.8 Å². The molecule has 154 valence electrons. The molecule has 0 spiro atoms. The van der Waals surface area contributed by atoms with Gasteiger partial charge in [-0.25, -0.2) is 0 Å². The molecule has 0 saturated carbocycles. The lowest BCUT2D eigenvalue weighted by Crippen LogP contribution is -2.36. The van der Waals surface area contributed by atoms with Gasteiger partial charge >= 0.3 is 0 Å². The third kappa shape index (κ3) is 6.26. The number of anilines is 2. The lowest BCUT2D eigenvalue weighted by molar-refractivity contribution is -0.125. The van der Waals surface area contributed by atoms with E-state index in [0.29, 0.717) is 13.1 Å². The van der Waals surface area contributed by atoms with Crippen molar-refractivity contribution in [1.29, 1.82) is 0 Å². The van der Waals surface area contributed by atoms with Crippen LogP contribution in [-0.2, 0) is 9.59 Å². The van der Waals surface area contributed by atoms with Gasteiger partial charge in [0.25, 0.3) is 0 Å². The molecule has 3 rings (SSSR count). The van der Waals surface area contributed by atoms with Crippen LogP contribution in [0, 0.1) is 0 Å². The van der Waals surface area contributed by atoms with Crippen LogP contribution in [-0.4, -0.2) is 44.2 Å². The van der Waals surface area contributed by atoms with Gasteiger partial charge in [0, 0.05) is 55.9 Å². The number of fused-ring (bicyclic) bond motifs is 1. The van der Waals surface area contributed by atoms with E-state index in [2.05, 4.69) is 29.4 Å². The van der Waals surface area contributed by atoms with Crippen molar-refractivity contribution in [1.82, 2.24) is 5.32 Å². The molecule has 29 heavy (non-hydrogen) atoms. The predicted octanol–water partition coefficient (Wildman–Crippen LogP) is 3.94. The van der Waals surface area contributed by atoms with Gasteiger partial charge in [0.15, 0.2) is 0 Å². The molecule has 0 unspecified atom stereocenters. The van der Waals surface area contributed by atoms with Crippen LogP contribution in [0.25, 0.3) is 0 Å². The van der Waals surface area contributed by atoms with E-state index in [1.807, 2.05) is 47.4 Å². The first kappa shape index (κ1) is 21.2. The number of nitrogens with one attached hydrogen (secondary N) is 1. The largest absolute Gasteiger partial charge is 0.375 e. The maximum Gasteiger partial charge on any atom is 0.227 e. The summed E-state index contributed by atoms with van der Waals surface area (Å²) in [6.45, 7) is 2.31. The average Bonchev–Trinajstić information content (AvgIpc) is 2.77. The quantitative estimate of drug-likeness (QED) is 0.635. The molecule has 0 bridgehead atoms. The normalized spacial score (nSPS) is 12.9. The van der Waals surface area contributed by atoms with Crippen LogP contribution in [0.1, 0.15) is 25.7 Å². The topological polar surface area (TPSA) is 52.7 Å². The molecule has 6 heteroatoms. The highest BCUT2D eigenvalue weighted by Crippen LogP contribution is 2.34. The number of nitrogens with zero attached hydrogens (tertiary/aromatic N) is 2. The Morgan fingerprint density at radius 2 is 1.79 bits per heavy atom. The minimum atomic E-state index is -0.0468. The molecular weight excluding hydrogens is 382 g/mol. The summed E-state index contributed by atoms with van der Waals surface area (Å²) in [5.41, 5.74) is 2.17. The lowest BCUT2D eigenvalue weighted by Gasteiger charge is -2.29. The molecule has 1 heterocycles. The fourth-order valence-electron chi connectivity index (χ4n) is 3.39. The number of hydrogen-bond donors (Lipinski definition) is 1. The van der Waals surface area contributed by atoms with Crippen LogP contribution < -0.4 is 15.1 Å². The zero-order valence-electron chi connectivity index (χ0n) is 17.0. The maximum absolute atomic E-state index is 12.6. The van der Waals surface area contributed by atoms with Crippen LogP contribution in [0.15, 0.2) is 59.5 Å². The van der Waals surface area contributed by atoms with E-state index in [4.69, 9.17) is 0 Å². The van der Waals surface area contributed by atoms with Crippen molar-refractivity contribution in [2.24, 2.45) is 0 Å². The summed E-state index contributed by atoms with van der Waals surface area (Å²) < 4.78 is 0. The molecule has 0 atom stereocenters. The summed E-state index contributed by atoms with van der Waals surface area (Å²) in [6, 6.07) is 18.2. The number of hydrogen-bond acceptors (Lipinski definition) is 4. The SMILES string of the molecule is CN(CCCCNC(=O)CCC(=O)N1CCSc2ccccc21)c1ccccc1. The summed E-state index contributed by atoms with van der Waals surface area (Å²) >= 11 is 1.77. The van der Waals surface area contributed by atoms with E-state index < -0.39 is 0 Å². The van der Waals surface area contributed by atoms with Crippen molar-refractivity contribution in [3.8, 4) is 0 Å². The first-order valence-electron chi connectivity index (χ1n) is 10.2. The van der Waals surface area contributed by atoms with Gasteiger partial charge in [-0.1, -0.05) is 30.3 Å². The molecule has 2 aromatic rings. The van der Waals surface area contributed by atoms with Crippen molar-refractivity contribution in [2.45, 2.75) is 30.6 Å².